The Morgan fingerprint density at radius 3 is 2.20 bits per heavy atom. The molecule has 3 heteroatoms. The van der Waals surface area contributed by atoms with E-state index in [0.29, 0.717) is 0 Å². The van der Waals surface area contributed by atoms with Crippen molar-refractivity contribution in [1.29, 1.82) is 0 Å². The van der Waals surface area contributed by atoms with Crippen molar-refractivity contribution < 1.29 is 5.11 Å². The fraction of sp³-hybridized carbons (Fsp3) is 1.00. The standard InChI is InChI=1S/C10H20N2O.C2H6/c1-12-4-2-10(3-5-12)7-8(13)6-9(10)11;1-2/h8-9,13H,2-7,11H2,1H3;1-2H3/t8-,9+;/m0./s1. The SMILES string of the molecule is CC.CN1CCC2(CC1)C[C@@H](O)C[C@H]2N. The van der Waals surface area contributed by atoms with E-state index in [2.05, 4.69) is 11.9 Å². The summed E-state index contributed by atoms with van der Waals surface area (Å²) in [6.07, 6.45) is 3.94. The zero-order chi connectivity index (χ0) is 11.5. The van der Waals surface area contributed by atoms with Gasteiger partial charge in [-0.2, -0.15) is 0 Å². The maximum atomic E-state index is 9.59. The molecule has 0 amide bonds. The summed E-state index contributed by atoms with van der Waals surface area (Å²) in [5.41, 5.74) is 6.37. The van der Waals surface area contributed by atoms with Gasteiger partial charge in [0.25, 0.3) is 0 Å². The Balaban J connectivity index is 0.000000531. The van der Waals surface area contributed by atoms with E-state index in [9.17, 15) is 5.11 Å². The van der Waals surface area contributed by atoms with Crippen molar-refractivity contribution >= 4 is 0 Å². The zero-order valence-electron chi connectivity index (χ0n) is 10.4. The number of likely N-dealkylation sites (tertiary alicyclic amines) is 1. The van der Waals surface area contributed by atoms with Crippen molar-refractivity contribution in [2.24, 2.45) is 11.1 Å². The lowest BCUT2D eigenvalue weighted by molar-refractivity contribution is 0.0932. The summed E-state index contributed by atoms with van der Waals surface area (Å²) in [5, 5.41) is 9.59. The maximum Gasteiger partial charge on any atom is 0.0561 e. The summed E-state index contributed by atoms with van der Waals surface area (Å²) >= 11 is 0. The van der Waals surface area contributed by atoms with Crippen molar-refractivity contribution in [3.63, 3.8) is 0 Å². The average Bonchev–Trinajstić information content (AvgIpc) is 2.50. The molecule has 0 aromatic heterocycles. The maximum absolute atomic E-state index is 9.59. The van der Waals surface area contributed by atoms with Crippen molar-refractivity contribution in [1.82, 2.24) is 4.90 Å². The van der Waals surface area contributed by atoms with Crippen LogP contribution in [0.25, 0.3) is 0 Å². The van der Waals surface area contributed by atoms with Gasteiger partial charge in [-0.15, -0.1) is 0 Å². The smallest absolute Gasteiger partial charge is 0.0561 e. The quantitative estimate of drug-likeness (QED) is 0.637. The molecule has 1 spiro atoms. The second kappa shape index (κ2) is 5.28. The Labute approximate surface area is 93.6 Å². The van der Waals surface area contributed by atoms with Gasteiger partial charge in [0.1, 0.15) is 0 Å². The number of hydrogen-bond donors (Lipinski definition) is 2. The number of aliphatic hydroxyl groups excluding tert-OH is 1. The van der Waals surface area contributed by atoms with E-state index in [0.717, 1.165) is 25.9 Å². The summed E-state index contributed by atoms with van der Waals surface area (Å²) in [6.45, 7) is 6.28. The molecule has 0 radical (unpaired) electrons. The van der Waals surface area contributed by atoms with E-state index in [-0.39, 0.29) is 17.6 Å². The lowest BCUT2D eigenvalue weighted by atomic mass is 9.74. The fourth-order valence-electron chi connectivity index (χ4n) is 2.89. The van der Waals surface area contributed by atoms with Crippen LogP contribution in [0.4, 0.5) is 0 Å². The minimum absolute atomic E-state index is 0.140. The van der Waals surface area contributed by atoms with Gasteiger partial charge in [0.2, 0.25) is 0 Å². The lowest BCUT2D eigenvalue weighted by Crippen LogP contribution is -2.45. The van der Waals surface area contributed by atoms with E-state index < -0.39 is 0 Å². The number of piperidine rings is 1. The minimum atomic E-state index is -0.140. The van der Waals surface area contributed by atoms with Crippen LogP contribution in [0.15, 0.2) is 0 Å². The van der Waals surface area contributed by atoms with Crippen LogP contribution in [0.2, 0.25) is 0 Å². The van der Waals surface area contributed by atoms with Gasteiger partial charge >= 0.3 is 0 Å². The van der Waals surface area contributed by atoms with Gasteiger partial charge in [0.15, 0.2) is 0 Å². The first kappa shape index (κ1) is 12.9. The molecule has 2 aliphatic rings. The third kappa shape index (κ3) is 2.71. The number of rotatable bonds is 0. The fourth-order valence-corrected chi connectivity index (χ4v) is 2.89. The largest absolute Gasteiger partial charge is 0.393 e. The third-order valence-electron chi connectivity index (χ3n) is 3.94. The molecule has 0 aromatic carbocycles. The van der Waals surface area contributed by atoms with Crippen LogP contribution in [0.5, 0.6) is 0 Å². The molecule has 90 valence electrons. The third-order valence-corrected chi connectivity index (χ3v) is 3.94. The first-order valence-electron chi connectivity index (χ1n) is 6.25. The Morgan fingerprint density at radius 1 is 1.27 bits per heavy atom. The van der Waals surface area contributed by atoms with Crippen molar-refractivity contribution in [3.05, 3.63) is 0 Å². The van der Waals surface area contributed by atoms with Crippen LogP contribution >= 0.6 is 0 Å². The summed E-state index contributed by atoms with van der Waals surface area (Å²) in [4.78, 5) is 2.35. The molecule has 3 nitrogen and oxygen atoms in total. The first-order chi connectivity index (χ1) is 7.12. The Morgan fingerprint density at radius 2 is 1.80 bits per heavy atom. The van der Waals surface area contributed by atoms with E-state index in [1.54, 1.807) is 0 Å². The van der Waals surface area contributed by atoms with E-state index >= 15 is 0 Å². The Kier molecular flexibility index (Phi) is 4.56. The monoisotopic (exact) mass is 214 g/mol. The molecule has 0 unspecified atom stereocenters. The summed E-state index contributed by atoms with van der Waals surface area (Å²) in [7, 11) is 2.16. The van der Waals surface area contributed by atoms with E-state index in [1.165, 1.54) is 12.8 Å². The summed E-state index contributed by atoms with van der Waals surface area (Å²) < 4.78 is 0. The molecule has 1 saturated heterocycles. The highest BCUT2D eigenvalue weighted by molar-refractivity contribution is 5.00. The van der Waals surface area contributed by atoms with E-state index in [1.807, 2.05) is 13.8 Å². The van der Waals surface area contributed by atoms with Gasteiger partial charge in [0, 0.05) is 6.04 Å². The second-order valence-corrected chi connectivity index (χ2v) is 4.87. The van der Waals surface area contributed by atoms with Crippen molar-refractivity contribution in [3.8, 4) is 0 Å². The highest BCUT2D eigenvalue weighted by atomic mass is 16.3. The number of aliphatic hydroxyl groups is 1. The van der Waals surface area contributed by atoms with Crippen LogP contribution in [-0.2, 0) is 0 Å². The molecular weight excluding hydrogens is 188 g/mol. The number of nitrogens with zero attached hydrogens (tertiary/aromatic N) is 1. The highest BCUT2D eigenvalue weighted by Crippen LogP contribution is 2.45. The molecule has 2 fully saturated rings. The normalized spacial score (nSPS) is 35.0. The van der Waals surface area contributed by atoms with Crippen LogP contribution < -0.4 is 5.73 Å². The van der Waals surface area contributed by atoms with Gasteiger partial charge in [-0.3, -0.25) is 0 Å². The molecule has 1 aliphatic heterocycles. The van der Waals surface area contributed by atoms with Gasteiger partial charge in [-0.25, -0.2) is 0 Å². The molecule has 15 heavy (non-hydrogen) atoms. The van der Waals surface area contributed by atoms with E-state index in [4.69, 9.17) is 5.73 Å². The molecule has 1 aliphatic carbocycles. The van der Waals surface area contributed by atoms with Crippen molar-refractivity contribution in [2.75, 3.05) is 20.1 Å². The van der Waals surface area contributed by atoms with Crippen molar-refractivity contribution in [2.45, 2.75) is 51.7 Å². The molecule has 0 aromatic rings. The van der Waals surface area contributed by atoms with Crippen LogP contribution in [0, 0.1) is 5.41 Å². The summed E-state index contributed by atoms with van der Waals surface area (Å²) in [6, 6.07) is 0.233. The first-order valence-corrected chi connectivity index (χ1v) is 6.25. The predicted molar refractivity (Wildman–Crippen MR) is 63.7 cm³/mol. The van der Waals surface area contributed by atoms with Gasteiger partial charge in [-0.05, 0) is 51.2 Å². The van der Waals surface area contributed by atoms with Crippen LogP contribution in [-0.4, -0.2) is 42.3 Å². The molecular formula is C12H26N2O. The predicted octanol–water partition coefficient (Wildman–Crippen LogP) is 1.21. The molecule has 2 rings (SSSR count). The summed E-state index contributed by atoms with van der Waals surface area (Å²) in [5.74, 6) is 0. The Hall–Kier alpha value is -0.120. The molecule has 1 heterocycles. The number of hydrogen-bond acceptors (Lipinski definition) is 3. The molecule has 3 N–H and O–H groups in total. The number of nitrogens with two attached hydrogens (primary N) is 1. The van der Waals surface area contributed by atoms with Crippen LogP contribution in [0.1, 0.15) is 39.5 Å². The highest BCUT2D eigenvalue weighted by Gasteiger charge is 2.45. The zero-order valence-corrected chi connectivity index (χ0v) is 10.4. The molecule has 2 atom stereocenters. The Bertz CT molecular complexity index is 188. The minimum Gasteiger partial charge on any atom is -0.393 e. The van der Waals surface area contributed by atoms with Gasteiger partial charge in [0.05, 0.1) is 6.10 Å². The molecule has 1 saturated carbocycles. The topological polar surface area (TPSA) is 49.5 Å². The average molecular weight is 214 g/mol. The second-order valence-electron chi connectivity index (χ2n) is 4.87. The lowest BCUT2D eigenvalue weighted by Gasteiger charge is -2.40. The van der Waals surface area contributed by atoms with Crippen LogP contribution in [0.3, 0.4) is 0 Å². The molecule has 0 bridgehead atoms. The van der Waals surface area contributed by atoms with Gasteiger partial charge in [-0.1, -0.05) is 13.8 Å². The van der Waals surface area contributed by atoms with Gasteiger partial charge < -0.3 is 15.7 Å².